The van der Waals surface area contributed by atoms with E-state index < -0.39 is 12.0 Å². The maximum absolute atomic E-state index is 13.8. The molecule has 0 spiro atoms. The molecule has 1 aliphatic heterocycles. The second-order valence-electron chi connectivity index (χ2n) is 8.66. The number of thiazole rings is 1. The van der Waals surface area contributed by atoms with E-state index in [-0.39, 0.29) is 5.56 Å². The molecule has 1 aromatic heterocycles. The summed E-state index contributed by atoms with van der Waals surface area (Å²) in [5, 5.41) is 0. The van der Waals surface area contributed by atoms with E-state index >= 15 is 0 Å². The van der Waals surface area contributed by atoms with E-state index in [4.69, 9.17) is 19.2 Å². The van der Waals surface area contributed by atoms with Gasteiger partial charge in [-0.3, -0.25) is 9.36 Å². The van der Waals surface area contributed by atoms with Crippen LogP contribution in [0.5, 0.6) is 11.5 Å². The molecule has 2 aromatic carbocycles. The molecule has 38 heavy (non-hydrogen) atoms. The molecular formula is C29H31BrN2O5S. The van der Waals surface area contributed by atoms with Crippen LogP contribution in [0.3, 0.4) is 0 Å². The lowest BCUT2D eigenvalue weighted by Gasteiger charge is -2.25. The molecule has 0 unspecified atom stereocenters. The number of hydrogen-bond donors (Lipinski definition) is 0. The Morgan fingerprint density at radius 3 is 2.58 bits per heavy atom. The summed E-state index contributed by atoms with van der Waals surface area (Å²) in [6, 6.07) is 12.7. The van der Waals surface area contributed by atoms with Gasteiger partial charge in [0.15, 0.2) is 16.3 Å². The van der Waals surface area contributed by atoms with Gasteiger partial charge in [-0.05, 0) is 65.0 Å². The molecule has 1 aliphatic rings. The van der Waals surface area contributed by atoms with Gasteiger partial charge in [-0.2, -0.15) is 0 Å². The molecule has 4 rings (SSSR count). The Morgan fingerprint density at radius 1 is 1.16 bits per heavy atom. The topological polar surface area (TPSA) is 79.1 Å². The zero-order valence-corrected chi connectivity index (χ0v) is 24.4. The summed E-state index contributed by atoms with van der Waals surface area (Å²) in [6.07, 6.45) is 4.32. The van der Waals surface area contributed by atoms with Crippen LogP contribution in [0.2, 0.25) is 0 Å². The van der Waals surface area contributed by atoms with Crippen LogP contribution in [-0.2, 0) is 9.53 Å². The van der Waals surface area contributed by atoms with Crippen LogP contribution in [0.4, 0.5) is 0 Å². The minimum atomic E-state index is -0.628. The number of rotatable bonds is 10. The van der Waals surface area contributed by atoms with Crippen LogP contribution in [0.1, 0.15) is 57.2 Å². The van der Waals surface area contributed by atoms with Crippen molar-refractivity contribution < 1.29 is 19.0 Å². The van der Waals surface area contributed by atoms with Crippen molar-refractivity contribution in [2.24, 2.45) is 4.99 Å². The smallest absolute Gasteiger partial charge is 0.338 e. The van der Waals surface area contributed by atoms with E-state index in [9.17, 15) is 9.59 Å². The SMILES string of the molecule is CCCCOc1c(Br)cc(/C=c2/sc3n(c2=O)[C@H](c2ccccc2)C(C(=O)OC)=C(CC)N=3)cc1OCC. The highest BCUT2D eigenvalue weighted by atomic mass is 79.9. The summed E-state index contributed by atoms with van der Waals surface area (Å²) in [7, 11) is 1.35. The second kappa shape index (κ2) is 12.6. The summed E-state index contributed by atoms with van der Waals surface area (Å²) >= 11 is 4.91. The Hall–Kier alpha value is -3.17. The minimum absolute atomic E-state index is 0.225. The maximum atomic E-state index is 13.8. The van der Waals surface area contributed by atoms with Crippen molar-refractivity contribution >= 4 is 39.3 Å². The molecule has 0 aliphatic carbocycles. The molecule has 200 valence electrons. The highest BCUT2D eigenvalue weighted by Gasteiger charge is 2.33. The van der Waals surface area contributed by atoms with Crippen molar-refractivity contribution in [2.75, 3.05) is 20.3 Å². The van der Waals surface area contributed by atoms with Gasteiger partial charge in [0.2, 0.25) is 0 Å². The average Bonchev–Trinajstić information content (AvgIpc) is 3.23. The number of unbranched alkanes of at least 4 members (excludes halogenated alkanes) is 1. The number of fused-ring (bicyclic) bond motifs is 1. The summed E-state index contributed by atoms with van der Waals surface area (Å²) < 4.78 is 19.8. The zero-order valence-electron chi connectivity index (χ0n) is 22.0. The van der Waals surface area contributed by atoms with Crippen LogP contribution >= 0.6 is 27.3 Å². The fourth-order valence-electron chi connectivity index (χ4n) is 4.36. The monoisotopic (exact) mass is 598 g/mol. The van der Waals surface area contributed by atoms with E-state index in [0.717, 1.165) is 28.4 Å². The van der Waals surface area contributed by atoms with Crippen LogP contribution in [0.15, 0.2) is 68.0 Å². The molecule has 0 fully saturated rings. The number of esters is 1. The highest BCUT2D eigenvalue weighted by molar-refractivity contribution is 9.10. The lowest BCUT2D eigenvalue weighted by atomic mass is 9.95. The van der Waals surface area contributed by atoms with Gasteiger partial charge in [-0.25, -0.2) is 9.79 Å². The number of benzene rings is 2. The quantitative estimate of drug-likeness (QED) is 0.238. The fourth-order valence-corrected chi connectivity index (χ4v) is 5.95. The van der Waals surface area contributed by atoms with Crippen LogP contribution in [0, 0.1) is 0 Å². The van der Waals surface area contributed by atoms with Gasteiger partial charge in [0, 0.05) is 0 Å². The Morgan fingerprint density at radius 2 is 1.92 bits per heavy atom. The third-order valence-electron chi connectivity index (χ3n) is 6.14. The third-order valence-corrected chi connectivity index (χ3v) is 7.71. The number of nitrogens with zero attached hydrogens (tertiary/aromatic N) is 2. The molecule has 0 saturated carbocycles. The molecule has 0 bridgehead atoms. The number of aromatic nitrogens is 1. The Labute approximate surface area is 234 Å². The number of carbonyl (C=O) groups is 1. The second-order valence-corrected chi connectivity index (χ2v) is 10.5. The number of carbonyl (C=O) groups excluding carboxylic acids is 1. The van der Waals surface area contributed by atoms with E-state index in [1.807, 2.05) is 62.4 Å². The van der Waals surface area contributed by atoms with Crippen LogP contribution < -0.4 is 24.4 Å². The molecule has 9 heteroatoms. The summed E-state index contributed by atoms with van der Waals surface area (Å²) in [5.41, 5.74) is 2.38. The number of hydrogen-bond acceptors (Lipinski definition) is 7. The number of ether oxygens (including phenoxy) is 3. The number of halogens is 1. The summed E-state index contributed by atoms with van der Waals surface area (Å²) in [4.78, 5) is 32.0. The van der Waals surface area contributed by atoms with Crippen molar-refractivity contribution in [3.63, 3.8) is 0 Å². The first kappa shape index (κ1) is 27.9. The van der Waals surface area contributed by atoms with Gasteiger partial charge in [0.25, 0.3) is 5.56 Å². The fraction of sp³-hybridized carbons (Fsp3) is 0.345. The van der Waals surface area contributed by atoms with Gasteiger partial charge in [-0.1, -0.05) is 61.9 Å². The molecule has 1 atom stereocenters. The molecular weight excluding hydrogens is 568 g/mol. The predicted octanol–water partition coefficient (Wildman–Crippen LogP) is 5.14. The van der Waals surface area contributed by atoms with E-state index in [0.29, 0.717) is 51.7 Å². The van der Waals surface area contributed by atoms with E-state index in [2.05, 4.69) is 22.9 Å². The molecule has 0 saturated heterocycles. The normalized spacial score (nSPS) is 15.2. The van der Waals surface area contributed by atoms with E-state index in [1.165, 1.54) is 18.4 Å². The lowest BCUT2D eigenvalue weighted by Crippen LogP contribution is -2.40. The van der Waals surface area contributed by atoms with Crippen molar-refractivity contribution in [3.8, 4) is 11.5 Å². The largest absolute Gasteiger partial charge is 0.490 e. The minimum Gasteiger partial charge on any atom is -0.490 e. The maximum Gasteiger partial charge on any atom is 0.338 e. The number of methoxy groups -OCH3 is 1. The van der Waals surface area contributed by atoms with Crippen molar-refractivity contribution in [1.29, 1.82) is 0 Å². The zero-order chi connectivity index (χ0) is 27.2. The van der Waals surface area contributed by atoms with Gasteiger partial charge >= 0.3 is 5.97 Å². The first-order valence-corrected chi connectivity index (χ1v) is 14.3. The van der Waals surface area contributed by atoms with Gasteiger partial charge < -0.3 is 14.2 Å². The Balaban J connectivity index is 1.88. The lowest BCUT2D eigenvalue weighted by molar-refractivity contribution is -0.136. The van der Waals surface area contributed by atoms with Crippen LogP contribution in [-0.4, -0.2) is 30.9 Å². The Kier molecular flexibility index (Phi) is 9.22. The average molecular weight is 600 g/mol. The van der Waals surface area contributed by atoms with Crippen LogP contribution in [0.25, 0.3) is 6.08 Å². The molecule has 0 N–H and O–H groups in total. The van der Waals surface area contributed by atoms with Gasteiger partial charge in [-0.15, -0.1) is 0 Å². The van der Waals surface area contributed by atoms with Gasteiger partial charge in [0.1, 0.15) is 0 Å². The van der Waals surface area contributed by atoms with Gasteiger partial charge in [0.05, 0.1) is 46.6 Å². The first-order valence-electron chi connectivity index (χ1n) is 12.7. The van der Waals surface area contributed by atoms with Crippen molar-refractivity contribution in [3.05, 3.63) is 89.0 Å². The number of allylic oxidation sites excluding steroid dienone is 1. The predicted molar refractivity (Wildman–Crippen MR) is 153 cm³/mol. The highest BCUT2D eigenvalue weighted by Crippen LogP contribution is 2.37. The van der Waals surface area contributed by atoms with E-state index in [1.54, 1.807) is 4.57 Å². The third kappa shape index (κ3) is 5.63. The Bertz CT molecular complexity index is 1520. The molecule has 7 nitrogen and oxygen atoms in total. The molecule has 0 amide bonds. The summed E-state index contributed by atoms with van der Waals surface area (Å²) in [5.74, 6) is 0.774. The molecule has 0 radical (unpaired) electrons. The van der Waals surface area contributed by atoms with Crippen molar-refractivity contribution in [1.82, 2.24) is 4.57 Å². The molecule has 2 heterocycles. The first-order chi connectivity index (χ1) is 18.4. The van der Waals surface area contributed by atoms with Crippen molar-refractivity contribution in [2.45, 2.75) is 46.1 Å². The standard InChI is InChI=1S/C29H31BrN2O5S/c1-5-8-14-37-26-20(30)15-18(16-22(26)36-7-3)17-23-27(33)32-25(19-12-10-9-11-13-19)24(28(34)35-4)21(6-2)31-29(32)38-23/h9-13,15-17,25H,5-8,14H2,1-4H3/b23-17+/t25-/m1/s1. The molecule has 3 aromatic rings. The summed E-state index contributed by atoms with van der Waals surface area (Å²) in [6.45, 7) is 7.04.